The van der Waals surface area contributed by atoms with Crippen molar-refractivity contribution in [3.63, 3.8) is 0 Å². The van der Waals surface area contributed by atoms with Crippen molar-refractivity contribution >= 4 is 17.3 Å². The van der Waals surface area contributed by atoms with E-state index in [2.05, 4.69) is 10.1 Å². The van der Waals surface area contributed by atoms with Gasteiger partial charge in [-0.2, -0.15) is 8.78 Å². The van der Waals surface area contributed by atoms with Crippen LogP contribution >= 0.6 is 0 Å². The molecule has 2 aromatic rings. The van der Waals surface area contributed by atoms with Crippen LogP contribution in [0.4, 0.5) is 20.2 Å². The fourth-order valence-electron chi connectivity index (χ4n) is 2.83. The molecule has 0 aliphatic carbocycles. The number of carbonyl (C=O) groups is 1. The monoisotopic (exact) mass is 362 g/mol. The summed E-state index contributed by atoms with van der Waals surface area (Å²) in [6.07, 6.45) is 0.00944. The molecular formula is C19H20F2N2O3. The smallest absolute Gasteiger partial charge is 0.387 e. The van der Waals surface area contributed by atoms with Gasteiger partial charge in [-0.25, -0.2) is 0 Å². The van der Waals surface area contributed by atoms with Crippen molar-refractivity contribution in [2.75, 3.05) is 25.0 Å². The molecule has 3 rings (SSSR count). The summed E-state index contributed by atoms with van der Waals surface area (Å²) in [4.78, 5) is 14.6. The Labute approximate surface area is 150 Å². The Morgan fingerprint density at radius 1 is 1.23 bits per heavy atom. The zero-order valence-corrected chi connectivity index (χ0v) is 14.3. The SMILES string of the molecule is CC1CN(C(=O)c2ccccc2Nc2ccc(OC(F)F)cc2)CCO1. The van der Waals surface area contributed by atoms with Gasteiger partial charge in [0, 0.05) is 18.8 Å². The number of hydrogen-bond donors (Lipinski definition) is 1. The molecule has 1 fully saturated rings. The minimum Gasteiger partial charge on any atom is -0.435 e. The maximum atomic E-state index is 12.9. The predicted molar refractivity (Wildman–Crippen MR) is 94.1 cm³/mol. The Kier molecular flexibility index (Phi) is 5.68. The second-order valence-corrected chi connectivity index (χ2v) is 6.01. The highest BCUT2D eigenvalue weighted by atomic mass is 19.3. The molecule has 5 nitrogen and oxygen atoms in total. The minimum absolute atomic E-state index is 0.00944. The zero-order valence-electron chi connectivity index (χ0n) is 14.3. The number of alkyl halides is 2. The predicted octanol–water partition coefficient (Wildman–Crippen LogP) is 3.89. The number of nitrogens with zero attached hydrogens (tertiary/aromatic N) is 1. The lowest BCUT2D eigenvalue weighted by Crippen LogP contribution is -2.44. The molecule has 0 spiro atoms. The lowest BCUT2D eigenvalue weighted by atomic mass is 10.1. The molecule has 1 aliphatic heterocycles. The van der Waals surface area contributed by atoms with E-state index in [9.17, 15) is 13.6 Å². The van der Waals surface area contributed by atoms with Crippen LogP contribution in [0, 0.1) is 0 Å². The summed E-state index contributed by atoms with van der Waals surface area (Å²) in [5.41, 5.74) is 1.87. The first-order chi connectivity index (χ1) is 12.5. The molecule has 0 radical (unpaired) electrons. The average Bonchev–Trinajstić information content (AvgIpc) is 2.63. The highest BCUT2D eigenvalue weighted by molar-refractivity contribution is 6.00. The van der Waals surface area contributed by atoms with E-state index in [4.69, 9.17) is 4.74 Å². The topological polar surface area (TPSA) is 50.8 Å². The van der Waals surface area contributed by atoms with Gasteiger partial charge in [0.1, 0.15) is 5.75 Å². The number of nitrogens with one attached hydrogen (secondary N) is 1. The van der Waals surface area contributed by atoms with Crippen LogP contribution in [0.25, 0.3) is 0 Å². The van der Waals surface area contributed by atoms with Gasteiger partial charge in [0.2, 0.25) is 0 Å². The number of ether oxygens (including phenoxy) is 2. The number of anilines is 2. The Morgan fingerprint density at radius 3 is 2.65 bits per heavy atom. The fraction of sp³-hybridized carbons (Fsp3) is 0.316. The van der Waals surface area contributed by atoms with Gasteiger partial charge in [-0.1, -0.05) is 12.1 Å². The van der Waals surface area contributed by atoms with E-state index < -0.39 is 6.61 Å². The summed E-state index contributed by atoms with van der Waals surface area (Å²) in [6.45, 7) is 0.702. The van der Waals surface area contributed by atoms with Gasteiger partial charge < -0.3 is 19.7 Å². The van der Waals surface area contributed by atoms with Crippen LogP contribution in [0.1, 0.15) is 17.3 Å². The number of rotatable bonds is 5. The lowest BCUT2D eigenvalue weighted by Gasteiger charge is -2.31. The third-order valence-electron chi connectivity index (χ3n) is 4.04. The van der Waals surface area contributed by atoms with Crippen molar-refractivity contribution in [2.24, 2.45) is 0 Å². The van der Waals surface area contributed by atoms with Crippen LogP contribution < -0.4 is 10.1 Å². The van der Waals surface area contributed by atoms with Crippen molar-refractivity contribution in [3.05, 3.63) is 54.1 Å². The Balaban J connectivity index is 1.75. The quantitative estimate of drug-likeness (QED) is 0.877. The third-order valence-corrected chi connectivity index (χ3v) is 4.04. The molecule has 26 heavy (non-hydrogen) atoms. The molecule has 1 atom stereocenters. The van der Waals surface area contributed by atoms with E-state index >= 15 is 0 Å². The van der Waals surface area contributed by atoms with Gasteiger partial charge in [0.05, 0.1) is 24.0 Å². The van der Waals surface area contributed by atoms with Gasteiger partial charge in [0.15, 0.2) is 0 Å². The Hall–Kier alpha value is -2.67. The summed E-state index contributed by atoms with van der Waals surface area (Å²) >= 11 is 0. The van der Waals surface area contributed by atoms with E-state index in [0.717, 1.165) is 0 Å². The lowest BCUT2D eigenvalue weighted by molar-refractivity contribution is -0.0498. The maximum Gasteiger partial charge on any atom is 0.387 e. The number of halogens is 2. The number of carbonyl (C=O) groups excluding carboxylic acids is 1. The van der Waals surface area contributed by atoms with Crippen LogP contribution in [0.3, 0.4) is 0 Å². The molecule has 1 N–H and O–H groups in total. The van der Waals surface area contributed by atoms with E-state index in [0.29, 0.717) is 36.6 Å². The van der Waals surface area contributed by atoms with E-state index in [1.807, 2.05) is 19.1 Å². The molecule has 1 heterocycles. The molecule has 7 heteroatoms. The molecule has 1 saturated heterocycles. The van der Waals surface area contributed by atoms with Gasteiger partial charge in [-0.15, -0.1) is 0 Å². The molecule has 0 bridgehead atoms. The zero-order chi connectivity index (χ0) is 18.5. The van der Waals surface area contributed by atoms with E-state index in [1.54, 1.807) is 29.2 Å². The normalized spacial score (nSPS) is 17.2. The number of para-hydroxylation sites is 1. The molecule has 1 amide bonds. The summed E-state index contributed by atoms with van der Waals surface area (Å²) in [5, 5.41) is 3.16. The first-order valence-corrected chi connectivity index (χ1v) is 8.35. The van der Waals surface area contributed by atoms with Crippen molar-refractivity contribution in [1.82, 2.24) is 4.90 Å². The largest absolute Gasteiger partial charge is 0.435 e. The van der Waals surface area contributed by atoms with Crippen LogP contribution in [-0.4, -0.2) is 43.2 Å². The van der Waals surface area contributed by atoms with Crippen molar-refractivity contribution in [2.45, 2.75) is 19.6 Å². The van der Waals surface area contributed by atoms with Crippen molar-refractivity contribution in [1.29, 1.82) is 0 Å². The number of hydrogen-bond acceptors (Lipinski definition) is 4. The number of amides is 1. The molecule has 0 saturated carbocycles. The second kappa shape index (κ2) is 8.14. The first kappa shape index (κ1) is 18.1. The molecule has 1 unspecified atom stereocenters. The molecule has 138 valence electrons. The van der Waals surface area contributed by atoms with Crippen molar-refractivity contribution in [3.8, 4) is 5.75 Å². The standard InChI is InChI=1S/C19H20F2N2O3/c1-13-12-23(10-11-25-13)18(24)16-4-2-3-5-17(16)22-14-6-8-15(9-7-14)26-19(20)21/h2-9,13,19,22H,10-12H2,1H3. The molecule has 2 aromatic carbocycles. The summed E-state index contributed by atoms with van der Waals surface area (Å²) < 4.78 is 34.3. The molecular weight excluding hydrogens is 342 g/mol. The van der Waals surface area contributed by atoms with Crippen LogP contribution in [0.15, 0.2) is 48.5 Å². The van der Waals surface area contributed by atoms with Gasteiger partial charge in [0.25, 0.3) is 5.91 Å². The van der Waals surface area contributed by atoms with Crippen molar-refractivity contribution < 1.29 is 23.0 Å². The van der Waals surface area contributed by atoms with Crippen LogP contribution in [-0.2, 0) is 4.74 Å². The second-order valence-electron chi connectivity index (χ2n) is 6.01. The van der Waals surface area contributed by atoms with Crippen LogP contribution in [0.5, 0.6) is 5.75 Å². The van der Waals surface area contributed by atoms with Gasteiger partial charge >= 0.3 is 6.61 Å². The highest BCUT2D eigenvalue weighted by Gasteiger charge is 2.24. The minimum atomic E-state index is -2.86. The fourth-order valence-corrected chi connectivity index (χ4v) is 2.83. The Bertz CT molecular complexity index is 753. The van der Waals surface area contributed by atoms with E-state index in [1.165, 1.54) is 12.1 Å². The van der Waals surface area contributed by atoms with Gasteiger partial charge in [-0.05, 0) is 43.3 Å². The summed E-state index contributed by atoms with van der Waals surface area (Å²) in [7, 11) is 0. The third kappa shape index (κ3) is 4.49. The average molecular weight is 362 g/mol. The molecule has 0 aromatic heterocycles. The van der Waals surface area contributed by atoms with Gasteiger partial charge in [-0.3, -0.25) is 4.79 Å². The van der Waals surface area contributed by atoms with Crippen LogP contribution in [0.2, 0.25) is 0 Å². The van der Waals surface area contributed by atoms with E-state index in [-0.39, 0.29) is 17.8 Å². The highest BCUT2D eigenvalue weighted by Crippen LogP contribution is 2.25. The number of morpholine rings is 1. The Morgan fingerprint density at radius 2 is 1.96 bits per heavy atom. The maximum absolute atomic E-state index is 12.9. The number of benzene rings is 2. The first-order valence-electron chi connectivity index (χ1n) is 8.35. The summed E-state index contributed by atoms with van der Waals surface area (Å²) in [5.74, 6) is 0.0121. The molecule has 1 aliphatic rings. The summed E-state index contributed by atoms with van der Waals surface area (Å²) in [6, 6.07) is 13.3.